The zero-order chi connectivity index (χ0) is 13.0. The van der Waals surface area contributed by atoms with Gasteiger partial charge in [-0.3, -0.25) is 9.78 Å². The lowest BCUT2D eigenvalue weighted by atomic mass is 10.2. The SMILES string of the molecule is O=C(NCC1CCC(C(=O)O)O1)c1cccnc1. The molecule has 2 atom stereocenters. The van der Waals surface area contributed by atoms with Gasteiger partial charge in [-0.15, -0.1) is 0 Å². The quantitative estimate of drug-likeness (QED) is 0.809. The second kappa shape index (κ2) is 5.59. The lowest BCUT2D eigenvalue weighted by Gasteiger charge is -2.12. The molecule has 0 bridgehead atoms. The van der Waals surface area contributed by atoms with Crippen molar-refractivity contribution in [2.75, 3.05) is 6.54 Å². The number of carbonyl (C=O) groups is 2. The van der Waals surface area contributed by atoms with Crippen LogP contribution in [-0.4, -0.2) is 40.7 Å². The molecule has 0 aromatic carbocycles. The second-order valence-electron chi connectivity index (χ2n) is 4.11. The van der Waals surface area contributed by atoms with Crippen LogP contribution < -0.4 is 5.32 Å². The number of nitrogens with zero attached hydrogens (tertiary/aromatic N) is 1. The van der Waals surface area contributed by atoms with E-state index < -0.39 is 12.1 Å². The van der Waals surface area contributed by atoms with Gasteiger partial charge in [0.05, 0.1) is 11.7 Å². The Kier molecular flexibility index (Phi) is 3.88. The van der Waals surface area contributed by atoms with Crippen LogP contribution in [0.1, 0.15) is 23.2 Å². The van der Waals surface area contributed by atoms with Crippen molar-refractivity contribution in [3.05, 3.63) is 30.1 Å². The monoisotopic (exact) mass is 250 g/mol. The maximum absolute atomic E-state index is 11.7. The van der Waals surface area contributed by atoms with Crippen molar-refractivity contribution in [3.8, 4) is 0 Å². The van der Waals surface area contributed by atoms with Crippen LogP contribution in [0.5, 0.6) is 0 Å². The molecule has 0 radical (unpaired) electrons. The molecule has 6 heteroatoms. The first-order valence-corrected chi connectivity index (χ1v) is 5.73. The number of ether oxygens (including phenoxy) is 1. The molecule has 1 aliphatic heterocycles. The van der Waals surface area contributed by atoms with Crippen LogP contribution in [0.3, 0.4) is 0 Å². The fourth-order valence-corrected chi connectivity index (χ4v) is 1.84. The minimum Gasteiger partial charge on any atom is -0.479 e. The van der Waals surface area contributed by atoms with E-state index in [9.17, 15) is 9.59 Å². The molecule has 1 saturated heterocycles. The van der Waals surface area contributed by atoms with Crippen LogP contribution >= 0.6 is 0 Å². The van der Waals surface area contributed by atoms with E-state index in [-0.39, 0.29) is 12.0 Å². The van der Waals surface area contributed by atoms with Crippen LogP contribution in [0, 0.1) is 0 Å². The summed E-state index contributed by atoms with van der Waals surface area (Å²) in [6.07, 6.45) is 3.23. The molecule has 1 amide bonds. The largest absolute Gasteiger partial charge is 0.479 e. The fraction of sp³-hybridized carbons (Fsp3) is 0.417. The smallest absolute Gasteiger partial charge is 0.332 e. The molecule has 18 heavy (non-hydrogen) atoms. The van der Waals surface area contributed by atoms with E-state index in [1.54, 1.807) is 18.3 Å². The van der Waals surface area contributed by atoms with Crippen molar-refractivity contribution in [2.24, 2.45) is 0 Å². The highest BCUT2D eigenvalue weighted by Crippen LogP contribution is 2.19. The van der Waals surface area contributed by atoms with Gasteiger partial charge in [0.25, 0.3) is 5.91 Å². The van der Waals surface area contributed by atoms with E-state index in [0.29, 0.717) is 24.9 Å². The number of aliphatic carboxylic acids is 1. The number of aromatic nitrogens is 1. The zero-order valence-corrected chi connectivity index (χ0v) is 9.70. The third-order valence-electron chi connectivity index (χ3n) is 2.80. The van der Waals surface area contributed by atoms with Gasteiger partial charge in [-0.25, -0.2) is 4.79 Å². The van der Waals surface area contributed by atoms with Crippen molar-refractivity contribution in [3.63, 3.8) is 0 Å². The summed E-state index contributed by atoms with van der Waals surface area (Å²) >= 11 is 0. The Hall–Kier alpha value is -1.95. The van der Waals surface area contributed by atoms with Gasteiger partial charge in [0.2, 0.25) is 0 Å². The predicted molar refractivity (Wildman–Crippen MR) is 62.1 cm³/mol. The van der Waals surface area contributed by atoms with E-state index in [2.05, 4.69) is 10.3 Å². The maximum atomic E-state index is 11.7. The van der Waals surface area contributed by atoms with Crippen LogP contribution in [0.15, 0.2) is 24.5 Å². The Morgan fingerprint density at radius 1 is 1.50 bits per heavy atom. The van der Waals surface area contributed by atoms with Crippen molar-refractivity contribution in [1.82, 2.24) is 10.3 Å². The molecule has 6 nitrogen and oxygen atoms in total. The van der Waals surface area contributed by atoms with Crippen LogP contribution in [-0.2, 0) is 9.53 Å². The summed E-state index contributed by atoms with van der Waals surface area (Å²) in [4.78, 5) is 26.2. The number of hydrogen-bond acceptors (Lipinski definition) is 4. The standard InChI is InChI=1S/C12H14N2O4/c15-11(8-2-1-5-13-6-8)14-7-9-3-4-10(18-9)12(16)17/h1-2,5-6,9-10H,3-4,7H2,(H,14,15)(H,16,17). The summed E-state index contributed by atoms with van der Waals surface area (Å²) in [6, 6.07) is 3.35. The maximum Gasteiger partial charge on any atom is 0.332 e. The Bertz CT molecular complexity index is 435. The number of pyridine rings is 1. The Morgan fingerprint density at radius 3 is 2.94 bits per heavy atom. The molecule has 1 aliphatic rings. The van der Waals surface area contributed by atoms with Crippen molar-refractivity contribution in [1.29, 1.82) is 0 Å². The number of rotatable bonds is 4. The average molecular weight is 250 g/mol. The molecule has 0 saturated carbocycles. The Labute approximate surface area is 104 Å². The van der Waals surface area contributed by atoms with Gasteiger partial charge in [0.15, 0.2) is 6.10 Å². The fourth-order valence-electron chi connectivity index (χ4n) is 1.84. The van der Waals surface area contributed by atoms with Crippen molar-refractivity contribution < 1.29 is 19.4 Å². The van der Waals surface area contributed by atoms with Gasteiger partial charge in [-0.1, -0.05) is 0 Å². The lowest BCUT2D eigenvalue weighted by Crippen LogP contribution is -2.33. The first kappa shape index (κ1) is 12.5. The van der Waals surface area contributed by atoms with Crippen LogP contribution in [0.4, 0.5) is 0 Å². The second-order valence-corrected chi connectivity index (χ2v) is 4.11. The highest BCUT2D eigenvalue weighted by Gasteiger charge is 2.30. The molecule has 2 N–H and O–H groups in total. The molecule has 96 valence electrons. The zero-order valence-electron chi connectivity index (χ0n) is 9.70. The van der Waals surface area contributed by atoms with Gasteiger partial charge >= 0.3 is 5.97 Å². The summed E-state index contributed by atoms with van der Waals surface area (Å²) in [5.41, 5.74) is 0.477. The first-order valence-electron chi connectivity index (χ1n) is 5.73. The molecule has 0 aliphatic carbocycles. The van der Waals surface area contributed by atoms with Crippen LogP contribution in [0.2, 0.25) is 0 Å². The van der Waals surface area contributed by atoms with E-state index in [0.717, 1.165) is 0 Å². The molecule has 1 aromatic heterocycles. The number of nitrogens with one attached hydrogen (secondary N) is 1. The summed E-state index contributed by atoms with van der Waals surface area (Å²) in [5, 5.41) is 11.5. The number of carboxylic acid groups (broad SMARTS) is 1. The Balaban J connectivity index is 1.79. The topological polar surface area (TPSA) is 88.5 Å². The summed E-state index contributed by atoms with van der Waals surface area (Å²) in [6.45, 7) is 0.317. The molecule has 0 spiro atoms. The highest BCUT2D eigenvalue weighted by molar-refractivity contribution is 5.93. The van der Waals surface area contributed by atoms with Crippen LogP contribution in [0.25, 0.3) is 0 Å². The molecule has 2 rings (SSSR count). The molecular formula is C12H14N2O4. The number of carbonyl (C=O) groups excluding carboxylic acids is 1. The Morgan fingerprint density at radius 2 is 2.33 bits per heavy atom. The highest BCUT2D eigenvalue weighted by atomic mass is 16.5. The number of amides is 1. The lowest BCUT2D eigenvalue weighted by molar-refractivity contribution is -0.149. The third-order valence-corrected chi connectivity index (χ3v) is 2.80. The molecule has 2 heterocycles. The average Bonchev–Trinajstić information content (AvgIpc) is 2.86. The van der Waals surface area contributed by atoms with E-state index in [1.165, 1.54) is 6.20 Å². The molecule has 2 unspecified atom stereocenters. The van der Waals surface area contributed by atoms with E-state index in [1.807, 2.05) is 0 Å². The molecule has 1 fully saturated rings. The van der Waals surface area contributed by atoms with Crippen molar-refractivity contribution >= 4 is 11.9 Å². The third kappa shape index (κ3) is 3.04. The van der Waals surface area contributed by atoms with Gasteiger partial charge in [0.1, 0.15) is 0 Å². The minimum absolute atomic E-state index is 0.230. The van der Waals surface area contributed by atoms with Crippen molar-refractivity contribution in [2.45, 2.75) is 25.0 Å². The number of carboxylic acids is 1. The normalized spacial score (nSPS) is 22.7. The minimum atomic E-state index is -0.948. The summed E-state index contributed by atoms with van der Waals surface area (Å²) < 4.78 is 5.28. The van der Waals surface area contributed by atoms with Gasteiger partial charge in [0, 0.05) is 18.9 Å². The van der Waals surface area contributed by atoms with E-state index >= 15 is 0 Å². The van der Waals surface area contributed by atoms with E-state index in [4.69, 9.17) is 9.84 Å². The van der Waals surface area contributed by atoms with Gasteiger partial charge < -0.3 is 15.2 Å². The summed E-state index contributed by atoms with van der Waals surface area (Å²) in [5.74, 6) is -1.18. The van der Waals surface area contributed by atoms with Gasteiger partial charge in [-0.05, 0) is 25.0 Å². The summed E-state index contributed by atoms with van der Waals surface area (Å²) in [7, 11) is 0. The first-order chi connectivity index (χ1) is 8.66. The number of hydrogen-bond donors (Lipinski definition) is 2. The molecule has 1 aromatic rings. The predicted octanol–water partition coefficient (Wildman–Crippen LogP) is 0.444. The van der Waals surface area contributed by atoms with Gasteiger partial charge in [-0.2, -0.15) is 0 Å². The molecular weight excluding hydrogens is 236 g/mol.